The Bertz CT molecular complexity index is 1130. The highest BCUT2D eigenvalue weighted by atomic mass is 19.1. The summed E-state index contributed by atoms with van der Waals surface area (Å²) in [5.74, 6) is 1.94. The van der Waals surface area contributed by atoms with Crippen LogP contribution >= 0.6 is 0 Å². The molecule has 0 spiro atoms. The SMILES string of the molecule is Fc1ccc(C2CCCN2c2cc(Nc3cc(-c4cccnc4)[nH]n3)ncn2)cc1. The van der Waals surface area contributed by atoms with E-state index in [0.717, 1.165) is 42.0 Å². The molecule has 0 saturated carbocycles. The van der Waals surface area contributed by atoms with Crippen molar-refractivity contribution in [2.75, 3.05) is 16.8 Å². The Hall–Kier alpha value is -3.81. The molecular weight excluding hydrogens is 381 g/mol. The first kappa shape index (κ1) is 18.2. The van der Waals surface area contributed by atoms with Gasteiger partial charge in [0.2, 0.25) is 0 Å². The molecule has 1 aliphatic rings. The van der Waals surface area contributed by atoms with Crippen LogP contribution in [-0.2, 0) is 0 Å². The van der Waals surface area contributed by atoms with Crippen molar-refractivity contribution in [1.82, 2.24) is 25.1 Å². The van der Waals surface area contributed by atoms with E-state index in [-0.39, 0.29) is 11.9 Å². The minimum Gasteiger partial charge on any atom is -0.349 e. The molecule has 8 heteroatoms. The number of aromatic nitrogens is 5. The van der Waals surface area contributed by atoms with Gasteiger partial charge in [0.05, 0.1) is 11.7 Å². The normalized spacial score (nSPS) is 16.0. The first-order valence-corrected chi connectivity index (χ1v) is 9.83. The number of halogens is 1. The molecule has 0 amide bonds. The monoisotopic (exact) mass is 401 g/mol. The summed E-state index contributed by atoms with van der Waals surface area (Å²) in [4.78, 5) is 15.2. The zero-order chi connectivity index (χ0) is 20.3. The maximum absolute atomic E-state index is 13.3. The molecule has 1 aromatic carbocycles. The Labute approximate surface area is 173 Å². The molecule has 1 aliphatic heterocycles. The van der Waals surface area contributed by atoms with Gasteiger partial charge >= 0.3 is 0 Å². The number of pyridine rings is 1. The highest BCUT2D eigenvalue weighted by Crippen LogP contribution is 2.35. The van der Waals surface area contributed by atoms with Gasteiger partial charge in [-0.1, -0.05) is 12.1 Å². The fourth-order valence-electron chi connectivity index (χ4n) is 3.83. The first-order valence-electron chi connectivity index (χ1n) is 9.83. The third kappa shape index (κ3) is 3.71. The van der Waals surface area contributed by atoms with E-state index >= 15 is 0 Å². The molecule has 3 aromatic heterocycles. The Balaban J connectivity index is 1.35. The van der Waals surface area contributed by atoms with Gasteiger partial charge in [-0.2, -0.15) is 5.10 Å². The van der Waals surface area contributed by atoms with Crippen molar-refractivity contribution < 1.29 is 4.39 Å². The molecule has 1 atom stereocenters. The first-order chi connectivity index (χ1) is 14.8. The molecule has 150 valence electrons. The number of anilines is 3. The van der Waals surface area contributed by atoms with Crippen molar-refractivity contribution in [2.45, 2.75) is 18.9 Å². The topological polar surface area (TPSA) is 82.6 Å². The number of rotatable bonds is 5. The maximum atomic E-state index is 13.3. The third-order valence-electron chi connectivity index (χ3n) is 5.26. The van der Waals surface area contributed by atoms with E-state index in [0.29, 0.717) is 11.6 Å². The fourth-order valence-corrected chi connectivity index (χ4v) is 3.83. The Morgan fingerprint density at radius 3 is 2.80 bits per heavy atom. The van der Waals surface area contributed by atoms with Crippen LogP contribution < -0.4 is 10.2 Å². The number of nitrogens with zero attached hydrogens (tertiary/aromatic N) is 5. The average Bonchev–Trinajstić information content (AvgIpc) is 3.45. The predicted molar refractivity (Wildman–Crippen MR) is 113 cm³/mol. The Kier molecular flexibility index (Phi) is 4.80. The lowest BCUT2D eigenvalue weighted by molar-refractivity contribution is 0.624. The van der Waals surface area contributed by atoms with E-state index in [1.807, 2.05) is 36.4 Å². The lowest BCUT2D eigenvalue weighted by atomic mass is 10.0. The molecule has 4 aromatic rings. The maximum Gasteiger partial charge on any atom is 0.153 e. The van der Waals surface area contributed by atoms with Crippen LogP contribution in [-0.4, -0.2) is 31.7 Å². The summed E-state index contributed by atoms with van der Waals surface area (Å²) in [6, 6.07) is 14.6. The summed E-state index contributed by atoms with van der Waals surface area (Å²) < 4.78 is 13.3. The number of benzene rings is 1. The van der Waals surface area contributed by atoms with Gasteiger partial charge < -0.3 is 10.2 Å². The Morgan fingerprint density at radius 2 is 1.97 bits per heavy atom. The van der Waals surface area contributed by atoms with Gasteiger partial charge in [-0.15, -0.1) is 0 Å². The van der Waals surface area contributed by atoms with Gasteiger partial charge in [-0.25, -0.2) is 14.4 Å². The van der Waals surface area contributed by atoms with E-state index < -0.39 is 0 Å². The molecule has 4 heterocycles. The zero-order valence-corrected chi connectivity index (χ0v) is 16.2. The summed E-state index contributed by atoms with van der Waals surface area (Å²) in [5, 5.41) is 10.6. The van der Waals surface area contributed by atoms with E-state index in [1.54, 1.807) is 18.7 Å². The largest absolute Gasteiger partial charge is 0.349 e. The van der Waals surface area contributed by atoms with Gasteiger partial charge in [-0.05, 0) is 42.7 Å². The van der Waals surface area contributed by atoms with Crippen molar-refractivity contribution in [3.8, 4) is 11.3 Å². The van der Waals surface area contributed by atoms with Crippen LogP contribution in [0.25, 0.3) is 11.3 Å². The van der Waals surface area contributed by atoms with E-state index in [2.05, 4.69) is 35.4 Å². The lowest BCUT2D eigenvalue weighted by Gasteiger charge is -2.26. The number of hydrogen-bond donors (Lipinski definition) is 2. The highest BCUT2D eigenvalue weighted by Gasteiger charge is 2.27. The van der Waals surface area contributed by atoms with Gasteiger partial charge in [-0.3, -0.25) is 10.1 Å². The predicted octanol–water partition coefficient (Wildman–Crippen LogP) is 4.49. The number of H-pyrrole nitrogens is 1. The van der Waals surface area contributed by atoms with E-state index in [4.69, 9.17) is 0 Å². The van der Waals surface area contributed by atoms with Crippen LogP contribution in [0.3, 0.4) is 0 Å². The van der Waals surface area contributed by atoms with E-state index in [1.165, 1.54) is 12.1 Å². The average molecular weight is 401 g/mol. The van der Waals surface area contributed by atoms with Crippen LogP contribution in [0.4, 0.5) is 21.8 Å². The molecule has 2 N–H and O–H groups in total. The van der Waals surface area contributed by atoms with Crippen molar-refractivity contribution >= 4 is 17.5 Å². The van der Waals surface area contributed by atoms with E-state index in [9.17, 15) is 4.39 Å². The molecule has 5 rings (SSSR count). The number of nitrogens with one attached hydrogen (secondary N) is 2. The summed E-state index contributed by atoms with van der Waals surface area (Å²) >= 11 is 0. The van der Waals surface area contributed by atoms with Gasteiger partial charge in [0.15, 0.2) is 5.82 Å². The van der Waals surface area contributed by atoms with Crippen LogP contribution in [0, 0.1) is 5.82 Å². The molecule has 1 fully saturated rings. The van der Waals surface area contributed by atoms with Crippen molar-refractivity contribution in [3.05, 3.63) is 78.6 Å². The lowest BCUT2D eigenvalue weighted by Crippen LogP contribution is -2.23. The van der Waals surface area contributed by atoms with Crippen molar-refractivity contribution in [1.29, 1.82) is 0 Å². The molecule has 0 bridgehead atoms. The van der Waals surface area contributed by atoms with Crippen LogP contribution in [0.1, 0.15) is 24.4 Å². The van der Waals surface area contributed by atoms with Crippen molar-refractivity contribution in [2.24, 2.45) is 0 Å². The summed E-state index contributed by atoms with van der Waals surface area (Å²) in [6.07, 6.45) is 7.13. The standard InChI is InChI=1S/C22H20FN7/c23-17-7-5-15(6-8-17)19-4-2-10-30(19)22-12-20(25-14-26-22)27-21-11-18(28-29-21)16-3-1-9-24-13-16/h1,3,5-9,11-14,19H,2,4,10H2,(H2,25,26,27,28,29). The second-order valence-electron chi connectivity index (χ2n) is 7.20. The summed E-state index contributed by atoms with van der Waals surface area (Å²) in [7, 11) is 0. The molecule has 1 saturated heterocycles. The zero-order valence-electron chi connectivity index (χ0n) is 16.2. The smallest absolute Gasteiger partial charge is 0.153 e. The number of aromatic amines is 1. The van der Waals surface area contributed by atoms with Gasteiger partial charge in [0.25, 0.3) is 0 Å². The minimum atomic E-state index is -0.221. The number of hydrogen-bond acceptors (Lipinski definition) is 6. The molecule has 0 radical (unpaired) electrons. The van der Waals surface area contributed by atoms with Crippen molar-refractivity contribution in [3.63, 3.8) is 0 Å². The molecule has 0 aliphatic carbocycles. The minimum absolute atomic E-state index is 0.177. The second kappa shape index (κ2) is 7.90. The van der Waals surface area contributed by atoms with Crippen LogP contribution in [0.5, 0.6) is 0 Å². The second-order valence-corrected chi connectivity index (χ2v) is 7.20. The third-order valence-corrected chi connectivity index (χ3v) is 5.26. The molecule has 1 unspecified atom stereocenters. The van der Waals surface area contributed by atoms with Crippen LogP contribution in [0.15, 0.2) is 67.3 Å². The molecule has 7 nitrogen and oxygen atoms in total. The van der Waals surface area contributed by atoms with Crippen LogP contribution in [0.2, 0.25) is 0 Å². The quantitative estimate of drug-likeness (QED) is 0.513. The summed E-state index contributed by atoms with van der Waals surface area (Å²) in [5.41, 5.74) is 2.92. The molecular formula is C22H20FN7. The van der Waals surface area contributed by atoms with Gasteiger partial charge in [0, 0.05) is 36.6 Å². The Morgan fingerprint density at radius 1 is 1.07 bits per heavy atom. The molecule has 30 heavy (non-hydrogen) atoms. The van der Waals surface area contributed by atoms with Gasteiger partial charge in [0.1, 0.15) is 23.8 Å². The summed E-state index contributed by atoms with van der Waals surface area (Å²) in [6.45, 7) is 0.895. The fraction of sp³-hybridized carbons (Fsp3) is 0.182. The highest BCUT2D eigenvalue weighted by molar-refractivity contribution is 5.65.